The van der Waals surface area contributed by atoms with Gasteiger partial charge < -0.3 is 19.0 Å². The Morgan fingerprint density at radius 2 is 1.77 bits per heavy atom. The van der Waals surface area contributed by atoms with Crippen LogP contribution in [0, 0.1) is 0 Å². The highest BCUT2D eigenvalue weighted by molar-refractivity contribution is 7.19. The number of ether oxygens (including phenoxy) is 1. The number of aromatic nitrogens is 1. The molecule has 3 aromatic rings. The first-order valence-electron chi connectivity index (χ1n) is 14.8. The number of anilines is 1. The molecule has 2 aliphatic heterocycles. The first kappa shape index (κ1) is 31.8. The van der Waals surface area contributed by atoms with Gasteiger partial charge >= 0.3 is 12.3 Å². The summed E-state index contributed by atoms with van der Waals surface area (Å²) in [6.07, 6.45) is -1.85. The summed E-state index contributed by atoms with van der Waals surface area (Å²) in [5.41, 5.74) is 2.34. The van der Waals surface area contributed by atoms with E-state index in [0.717, 1.165) is 32.8 Å². The van der Waals surface area contributed by atoms with Crippen LogP contribution in [0.4, 0.5) is 23.7 Å². The van der Waals surface area contributed by atoms with E-state index in [0.29, 0.717) is 43.8 Å². The number of carbonyl (C=O) groups excluding carboxylic acids is 1. The number of thiophene rings is 1. The molecule has 0 saturated carbocycles. The molecule has 2 aliphatic rings. The molecule has 1 fully saturated rings. The maximum absolute atomic E-state index is 14.2. The van der Waals surface area contributed by atoms with Crippen LogP contribution in [0.3, 0.4) is 0 Å². The second kappa shape index (κ2) is 11.1. The third kappa shape index (κ3) is 6.58. The molecule has 6 nitrogen and oxygen atoms in total. The van der Waals surface area contributed by atoms with Crippen molar-refractivity contribution in [2.24, 2.45) is 0 Å². The predicted octanol–water partition coefficient (Wildman–Crippen LogP) is 8.88. The molecule has 0 bridgehead atoms. The van der Waals surface area contributed by atoms with Crippen LogP contribution in [0.5, 0.6) is 0 Å². The monoisotopic (exact) mass is 633 g/mol. The Morgan fingerprint density at radius 3 is 2.40 bits per heavy atom. The summed E-state index contributed by atoms with van der Waals surface area (Å²) >= 11 is 1.54. The normalized spacial score (nSPS) is 16.8. The van der Waals surface area contributed by atoms with Crippen molar-refractivity contribution < 1.29 is 27.1 Å². The molecule has 1 saturated heterocycles. The minimum Gasteiger partial charge on any atom is -0.444 e. The van der Waals surface area contributed by atoms with Crippen molar-refractivity contribution in [2.45, 2.75) is 96.9 Å². The molecule has 0 aliphatic carbocycles. The number of halogens is 3. The standard InChI is InChI=1S/C32H42F3N3O3SSi/c1-30(2,3)41-29(39)37-17-22(18-37)38-13-9-10-20-14-21(32(33,34)35)15-25(27(20)38)24-11-12-36-26-16-23(42-28(24)26)19-40-43(7,8)31(4,5)6/h11-12,14-16,22H,9-10,13,17-19H2,1-8H3. The van der Waals surface area contributed by atoms with E-state index in [-0.39, 0.29) is 17.2 Å². The third-order valence-electron chi connectivity index (χ3n) is 8.74. The van der Waals surface area contributed by atoms with Gasteiger partial charge in [0.05, 0.1) is 28.4 Å². The second-order valence-corrected chi connectivity index (χ2v) is 20.1. The summed E-state index contributed by atoms with van der Waals surface area (Å²) in [5, 5.41) is 0.0637. The third-order valence-corrected chi connectivity index (χ3v) is 14.3. The zero-order valence-corrected chi connectivity index (χ0v) is 28.1. The fraction of sp³-hybridized carbons (Fsp3) is 0.562. The van der Waals surface area contributed by atoms with Crippen LogP contribution in [-0.2, 0) is 28.4 Å². The number of hydrogen-bond acceptors (Lipinski definition) is 6. The lowest BCUT2D eigenvalue weighted by Crippen LogP contribution is -2.62. The molecule has 0 spiro atoms. The number of nitrogens with zero attached hydrogens (tertiary/aromatic N) is 3. The smallest absolute Gasteiger partial charge is 0.416 e. The van der Waals surface area contributed by atoms with Gasteiger partial charge in [-0.1, -0.05) is 20.8 Å². The van der Waals surface area contributed by atoms with Crippen molar-refractivity contribution in [3.05, 3.63) is 46.5 Å². The van der Waals surface area contributed by atoms with Crippen LogP contribution in [0.1, 0.15) is 64.0 Å². The molecule has 1 aromatic carbocycles. The van der Waals surface area contributed by atoms with Crippen molar-refractivity contribution in [3.8, 4) is 11.1 Å². The number of hydrogen-bond donors (Lipinski definition) is 0. The zero-order valence-electron chi connectivity index (χ0n) is 26.3. The molecule has 0 N–H and O–H groups in total. The van der Waals surface area contributed by atoms with E-state index in [1.165, 1.54) is 23.5 Å². The molecule has 0 radical (unpaired) electrons. The van der Waals surface area contributed by atoms with E-state index in [1.807, 2.05) is 32.9 Å². The summed E-state index contributed by atoms with van der Waals surface area (Å²) < 4.78 is 55.4. The van der Waals surface area contributed by atoms with E-state index in [2.05, 4.69) is 43.7 Å². The first-order chi connectivity index (χ1) is 19.8. The SMILES string of the molecule is CC(C)(C)OC(=O)N1CC(N2CCCc3cc(C(F)(F)F)cc(-c4ccnc5cc(CO[Si](C)(C)C(C)(C)C)sc45)c32)C1. The average molecular weight is 634 g/mol. The van der Waals surface area contributed by atoms with Gasteiger partial charge in [0.25, 0.3) is 0 Å². The van der Waals surface area contributed by atoms with Crippen LogP contribution >= 0.6 is 11.3 Å². The van der Waals surface area contributed by atoms with Gasteiger partial charge in [-0.15, -0.1) is 11.3 Å². The lowest BCUT2D eigenvalue weighted by atomic mass is 9.89. The number of pyridine rings is 1. The Morgan fingerprint density at radius 1 is 1.07 bits per heavy atom. The molecular formula is C32H42F3N3O3SSi. The van der Waals surface area contributed by atoms with E-state index in [4.69, 9.17) is 9.16 Å². The highest BCUT2D eigenvalue weighted by atomic mass is 32.1. The van der Waals surface area contributed by atoms with E-state index in [1.54, 1.807) is 11.1 Å². The van der Waals surface area contributed by atoms with Crippen molar-refractivity contribution in [1.29, 1.82) is 0 Å². The molecule has 1 amide bonds. The minimum absolute atomic E-state index is 0.00346. The number of fused-ring (bicyclic) bond motifs is 2. The van der Waals surface area contributed by atoms with Crippen LogP contribution < -0.4 is 4.90 Å². The largest absolute Gasteiger partial charge is 0.444 e. The molecular weight excluding hydrogens is 592 g/mol. The van der Waals surface area contributed by atoms with Crippen molar-refractivity contribution >= 4 is 41.7 Å². The maximum Gasteiger partial charge on any atom is 0.416 e. The van der Waals surface area contributed by atoms with Crippen molar-refractivity contribution in [1.82, 2.24) is 9.88 Å². The Balaban J connectivity index is 1.53. The van der Waals surface area contributed by atoms with Crippen molar-refractivity contribution in [3.63, 3.8) is 0 Å². The quantitative estimate of drug-likeness (QED) is 0.263. The summed E-state index contributed by atoms with van der Waals surface area (Å²) in [4.78, 5) is 22.1. The van der Waals surface area contributed by atoms with Gasteiger partial charge in [-0.3, -0.25) is 4.98 Å². The molecule has 4 heterocycles. The summed E-state index contributed by atoms with van der Waals surface area (Å²) in [5.74, 6) is 0. The summed E-state index contributed by atoms with van der Waals surface area (Å²) in [6.45, 7) is 18.6. The van der Waals surface area contributed by atoms with Gasteiger partial charge in [0, 0.05) is 47.5 Å². The minimum atomic E-state index is -4.47. The lowest BCUT2D eigenvalue weighted by molar-refractivity contribution is -0.137. The van der Waals surface area contributed by atoms with E-state index < -0.39 is 25.7 Å². The highest BCUT2D eigenvalue weighted by Crippen LogP contribution is 2.47. The topological polar surface area (TPSA) is 54.9 Å². The molecule has 43 heavy (non-hydrogen) atoms. The molecule has 2 aromatic heterocycles. The molecule has 0 unspecified atom stereocenters. The Labute approximate surface area is 257 Å². The van der Waals surface area contributed by atoms with E-state index >= 15 is 0 Å². The van der Waals surface area contributed by atoms with Crippen LogP contribution in [0.2, 0.25) is 18.1 Å². The predicted molar refractivity (Wildman–Crippen MR) is 169 cm³/mol. The number of rotatable bonds is 5. The number of likely N-dealkylation sites (tertiary alicyclic amines) is 1. The van der Waals surface area contributed by atoms with Gasteiger partial charge in [0.15, 0.2) is 8.32 Å². The van der Waals surface area contributed by atoms with Gasteiger partial charge in [-0.05, 0) is 81.6 Å². The van der Waals surface area contributed by atoms with Crippen LogP contribution in [0.15, 0.2) is 30.5 Å². The van der Waals surface area contributed by atoms with Gasteiger partial charge in [-0.2, -0.15) is 13.2 Å². The average Bonchev–Trinajstić information content (AvgIpc) is 3.27. The molecule has 5 rings (SSSR count). The lowest BCUT2D eigenvalue weighted by Gasteiger charge is -2.48. The summed E-state index contributed by atoms with van der Waals surface area (Å²) in [7, 11) is -1.99. The van der Waals surface area contributed by atoms with E-state index in [9.17, 15) is 18.0 Å². The first-order valence-corrected chi connectivity index (χ1v) is 18.6. The number of carbonyl (C=O) groups is 1. The number of alkyl halides is 3. The summed E-state index contributed by atoms with van der Waals surface area (Å²) in [6, 6.07) is 6.42. The fourth-order valence-electron chi connectivity index (χ4n) is 5.38. The number of amides is 1. The molecule has 234 valence electrons. The maximum atomic E-state index is 14.2. The van der Waals surface area contributed by atoms with Crippen LogP contribution in [0.25, 0.3) is 21.3 Å². The fourth-order valence-corrected chi connectivity index (χ4v) is 7.49. The van der Waals surface area contributed by atoms with Crippen LogP contribution in [-0.4, -0.2) is 55.6 Å². The highest BCUT2D eigenvalue weighted by Gasteiger charge is 2.41. The van der Waals surface area contributed by atoms with Gasteiger partial charge in [-0.25, -0.2) is 4.79 Å². The van der Waals surface area contributed by atoms with Gasteiger partial charge in [0.1, 0.15) is 5.60 Å². The number of benzene rings is 1. The Hall–Kier alpha value is -2.63. The molecule has 11 heteroatoms. The second-order valence-electron chi connectivity index (χ2n) is 14.2. The Bertz CT molecular complexity index is 1520. The number of aryl methyl sites for hydroxylation is 1. The van der Waals surface area contributed by atoms with Gasteiger partial charge in [0.2, 0.25) is 0 Å². The van der Waals surface area contributed by atoms with Crippen molar-refractivity contribution in [2.75, 3.05) is 24.5 Å². The Kier molecular flexibility index (Phi) is 8.18. The zero-order chi connectivity index (χ0) is 31.5. The molecule has 0 atom stereocenters.